The summed E-state index contributed by atoms with van der Waals surface area (Å²) in [7, 11) is 0. The molecule has 3 unspecified atom stereocenters. The van der Waals surface area contributed by atoms with Crippen LogP contribution in [0.2, 0.25) is 0 Å². The SMILES string of the molecule is CCNC(=NCC(C)CN1CCOCC1)NC(C)COC1CCOC1. The highest BCUT2D eigenvalue weighted by Crippen LogP contribution is 2.08. The second kappa shape index (κ2) is 11.7. The summed E-state index contributed by atoms with van der Waals surface area (Å²) in [4.78, 5) is 7.22. The number of nitrogens with zero attached hydrogens (tertiary/aromatic N) is 2. The smallest absolute Gasteiger partial charge is 0.191 e. The summed E-state index contributed by atoms with van der Waals surface area (Å²) in [5.74, 6) is 1.39. The van der Waals surface area contributed by atoms with Crippen LogP contribution >= 0.6 is 0 Å². The molecule has 0 aromatic rings. The van der Waals surface area contributed by atoms with Crippen LogP contribution in [0.3, 0.4) is 0 Å². The van der Waals surface area contributed by atoms with E-state index >= 15 is 0 Å². The monoisotopic (exact) mass is 356 g/mol. The summed E-state index contributed by atoms with van der Waals surface area (Å²) in [5.41, 5.74) is 0. The highest BCUT2D eigenvalue weighted by molar-refractivity contribution is 5.80. The molecule has 2 heterocycles. The van der Waals surface area contributed by atoms with Crippen LogP contribution in [0.1, 0.15) is 27.2 Å². The van der Waals surface area contributed by atoms with Gasteiger partial charge in [0.1, 0.15) is 0 Å². The topological polar surface area (TPSA) is 67.4 Å². The Bertz CT molecular complexity index is 383. The van der Waals surface area contributed by atoms with Crippen LogP contribution in [-0.2, 0) is 14.2 Å². The van der Waals surface area contributed by atoms with Crippen molar-refractivity contribution in [2.75, 3.05) is 65.8 Å². The van der Waals surface area contributed by atoms with Crippen molar-refractivity contribution in [3.63, 3.8) is 0 Å². The third-order valence-corrected chi connectivity index (χ3v) is 4.43. The van der Waals surface area contributed by atoms with E-state index in [0.29, 0.717) is 12.5 Å². The summed E-state index contributed by atoms with van der Waals surface area (Å²) >= 11 is 0. The van der Waals surface area contributed by atoms with Gasteiger partial charge in [0.05, 0.1) is 32.5 Å². The molecule has 2 rings (SSSR count). The van der Waals surface area contributed by atoms with Crippen LogP contribution < -0.4 is 10.6 Å². The first-order valence-corrected chi connectivity index (χ1v) is 9.71. The Morgan fingerprint density at radius 2 is 2.04 bits per heavy atom. The maximum absolute atomic E-state index is 5.88. The molecule has 2 aliphatic heterocycles. The van der Waals surface area contributed by atoms with E-state index in [1.54, 1.807) is 0 Å². The van der Waals surface area contributed by atoms with E-state index in [1.165, 1.54) is 0 Å². The van der Waals surface area contributed by atoms with Gasteiger partial charge >= 0.3 is 0 Å². The van der Waals surface area contributed by atoms with E-state index < -0.39 is 0 Å². The first-order chi connectivity index (χ1) is 12.2. The van der Waals surface area contributed by atoms with Gasteiger partial charge in [0.25, 0.3) is 0 Å². The lowest BCUT2D eigenvalue weighted by molar-refractivity contribution is 0.0323. The number of rotatable bonds is 9. The standard InChI is InChI=1S/C18H36N4O3/c1-4-19-18(21-16(3)13-25-17-5-8-24-14-17)20-11-15(2)12-22-6-9-23-10-7-22/h15-17H,4-14H2,1-3H3,(H2,19,20,21). The lowest BCUT2D eigenvalue weighted by Crippen LogP contribution is -2.45. The van der Waals surface area contributed by atoms with Gasteiger partial charge in [-0.3, -0.25) is 9.89 Å². The molecule has 3 atom stereocenters. The molecule has 0 amide bonds. The summed E-state index contributed by atoms with van der Waals surface area (Å²) in [6.07, 6.45) is 1.25. The molecule has 0 aromatic heterocycles. The maximum Gasteiger partial charge on any atom is 0.191 e. The zero-order chi connectivity index (χ0) is 17.9. The molecule has 25 heavy (non-hydrogen) atoms. The largest absolute Gasteiger partial charge is 0.379 e. The number of hydrogen-bond donors (Lipinski definition) is 2. The second-order valence-corrected chi connectivity index (χ2v) is 7.10. The molecule has 0 spiro atoms. The number of ether oxygens (including phenoxy) is 3. The predicted molar refractivity (Wildman–Crippen MR) is 100 cm³/mol. The van der Waals surface area contributed by atoms with Crippen LogP contribution in [-0.4, -0.2) is 88.8 Å². The van der Waals surface area contributed by atoms with Gasteiger partial charge < -0.3 is 24.8 Å². The molecule has 0 bridgehead atoms. The number of morpholine rings is 1. The Labute approximate surface area is 152 Å². The lowest BCUT2D eigenvalue weighted by Gasteiger charge is -2.28. The maximum atomic E-state index is 5.88. The Morgan fingerprint density at radius 3 is 2.72 bits per heavy atom. The number of aliphatic imine (C=N–C) groups is 1. The minimum atomic E-state index is 0.216. The fourth-order valence-corrected chi connectivity index (χ4v) is 3.05. The molecule has 0 aliphatic carbocycles. The Morgan fingerprint density at radius 1 is 1.24 bits per heavy atom. The fraction of sp³-hybridized carbons (Fsp3) is 0.944. The minimum absolute atomic E-state index is 0.216. The number of guanidine groups is 1. The van der Waals surface area contributed by atoms with Gasteiger partial charge in [-0.05, 0) is 26.2 Å². The van der Waals surface area contributed by atoms with E-state index in [0.717, 1.165) is 71.5 Å². The lowest BCUT2D eigenvalue weighted by atomic mass is 10.1. The molecule has 146 valence electrons. The van der Waals surface area contributed by atoms with Gasteiger partial charge in [0.2, 0.25) is 0 Å². The van der Waals surface area contributed by atoms with Gasteiger partial charge in [-0.1, -0.05) is 6.92 Å². The van der Waals surface area contributed by atoms with Crippen molar-refractivity contribution < 1.29 is 14.2 Å². The van der Waals surface area contributed by atoms with E-state index in [2.05, 4.69) is 36.3 Å². The van der Waals surface area contributed by atoms with E-state index in [1.807, 2.05) is 0 Å². The molecule has 2 aliphatic rings. The molecule has 7 nitrogen and oxygen atoms in total. The average Bonchev–Trinajstić information content (AvgIpc) is 3.12. The third-order valence-electron chi connectivity index (χ3n) is 4.43. The fourth-order valence-electron chi connectivity index (χ4n) is 3.05. The van der Waals surface area contributed by atoms with Crippen molar-refractivity contribution in [1.82, 2.24) is 15.5 Å². The quantitative estimate of drug-likeness (QED) is 0.468. The van der Waals surface area contributed by atoms with Crippen LogP contribution in [0.5, 0.6) is 0 Å². The number of hydrogen-bond acceptors (Lipinski definition) is 5. The van der Waals surface area contributed by atoms with Crippen molar-refractivity contribution in [3.8, 4) is 0 Å². The van der Waals surface area contributed by atoms with Crippen molar-refractivity contribution in [3.05, 3.63) is 0 Å². The van der Waals surface area contributed by atoms with Crippen molar-refractivity contribution in [1.29, 1.82) is 0 Å². The predicted octanol–water partition coefficient (Wildman–Crippen LogP) is 0.704. The molecular weight excluding hydrogens is 320 g/mol. The van der Waals surface area contributed by atoms with Gasteiger partial charge in [-0.25, -0.2) is 0 Å². The van der Waals surface area contributed by atoms with Gasteiger partial charge in [-0.2, -0.15) is 0 Å². The molecule has 0 aromatic carbocycles. The van der Waals surface area contributed by atoms with E-state index in [4.69, 9.17) is 19.2 Å². The van der Waals surface area contributed by atoms with Crippen molar-refractivity contribution in [2.24, 2.45) is 10.9 Å². The van der Waals surface area contributed by atoms with Crippen LogP contribution in [0.15, 0.2) is 4.99 Å². The molecule has 0 saturated carbocycles. The highest BCUT2D eigenvalue weighted by atomic mass is 16.5. The first kappa shape index (κ1) is 20.4. The zero-order valence-electron chi connectivity index (χ0n) is 16.1. The number of nitrogens with one attached hydrogen (secondary N) is 2. The van der Waals surface area contributed by atoms with Crippen LogP contribution in [0, 0.1) is 5.92 Å². The van der Waals surface area contributed by atoms with E-state index in [9.17, 15) is 0 Å². The van der Waals surface area contributed by atoms with Crippen molar-refractivity contribution in [2.45, 2.75) is 39.3 Å². The zero-order valence-corrected chi connectivity index (χ0v) is 16.1. The summed E-state index contributed by atoms with van der Waals surface area (Å²) < 4.78 is 16.6. The molecule has 2 fully saturated rings. The normalized spacial score (nSPS) is 24.9. The molecule has 2 saturated heterocycles. The third kappa shape index (κ3) is 8.35. The summed E-state index contributed by atoms with van der Waals surface area (Å²) in [6.45, 7) is 15.2. The minimum Gasteiger partial charge on any atom is -0.379 e. The Balaban J connectivity index is 1.70. The molecule has 7 heteroatoms. The van der Waals surface area contributed by atoms with Gasteiger partial charge in [-0.15, -0.1) is 0 Å². The van der Waals surface area contributed by atoms with Gasteiger partial charge in [0.15, 0.2) is 5.96 Å². The first-order valence-electron chi connectivity index (χ1n) is 9.71. The van der Waals surface area contributed by atoms with Crippen molar-refractivity contribution >= 4 is 5.96 Å². The second-order valence-electron chi connectivity index (χ2n) is 7.10. The highest BCUT2D eigenvalue weighted by Gasteiger charge is 2.17. The average molecular weight is 357 g/mol. The van der Waals surface area contributed by atoms with Gasteiger partial charge in [0, 0.05) is 45.4 Å². The molecule has 2 N–H and O–H groups in total. The van der Waals surface area contributed by atoms with Crippen LogP contribution in [0.25, 0.3) is 0 Å². The molecular formula is C18H36N4O3. The Hall–Kier alpha value is -0.890. The Kier molecular flexibility index (Phi) is 9.54. The van der Waals surface area contributed by atoms with Crippen LogP contribution in [0.4, 0.5) is 0 Å². The van der Waals surface area contributed by atoms with E-state index in [-0.39, 0.29) is 12.1 Å². The summed E-state index contributed by atoms with van der Waals surface area (Å²) in [5, 5.41) is 6.77. The summed E-state index contributed by atoms with van der Waals surface area (Å²) in [6, 6.07) is 0.216. The molecule has 0 radical (unpaired) electrons.